The molecule has 1 aromatic rings. The number of likely N-dealkylation sites (tertiary alicyclic amines) is 1. The van der Waals surface area contributed by atoms with E-state index in [-0.39, 0.29) is 35.8 Å². The van der Waals surface area contributed by atoms with Gasteiger partial charge >= 0.3 is 6.09 Å². The molecule has 28 heavy (non-hydrogen) atoms. The van der Waals surface area contributed by atoms with Crippen LogP contribution in [0.15, 0.2) is 24.3 Å². The second kappa shape index (κ2) is 9.65. The average Bonchev–Trinajstić information content (AvgIpc) is 2.72. The number of carbonyl (C=O) groups is 1. The van der Waals surface area contributed by atoms with Gasteiger partial charge in [0.25, 0.3) is 6.43 Å². The summed E-state index contributed by atoms with van der Waals surface area (Å²) in [5.74, 6) is 0.147. The number of ether oxygens (including phenoxy) is 2. The molecule has 3 rings (SSSR count). The Kier molecular flexibility index (Phi) is 7.24. The number of halogens is 2. The van der Waals surface area contributed by atoms with Gasteiger partial charge < -0.3 is 20.1 Å². The van der Waals surface area contributed by atoms with Crippen molar-refractivity contribution < 1.29 is 23.0 Å². The van der Waals surface area contributed by atoms with Crippen LogP contribution in [0, 0.1) is 0 Å². The highest BCUT2D eigenvalue weighted by Gasteiger charge is 2.34. The van der Waals surface area contributed by atoms with Crippen LogP contribution in [0.2, 0.25) is 0 Å². The standard InChI is InChI=1S/C21H30F2N2O3/c1-27-21(26)25-12-4-7-18(24)19(25)13-28-15-10-8-14(9-11-15)16-5-2-3-6-17(16)20(22)23/h2-3,5-6,14-15,18-20H,4,7-13,24H2,1H3/t14?,15?,18?,19-/m0/s1. The van der Waals surface area contributed by atoms with Crippen LogP contribution in [0.1, 0.15) is 62.0 Å². The Bertz CT molecular complexity index is 650. The lowest BCUT2D eigenvalue weighted by Gasteiger charge is -2.39. The van der Waals surface area contributed by atoms with Gasteiger partial charge in [-0.1, -0.05) is 24.3 Å². The fourth-order valence-corrected chi connectivity index (χ4v) is 4.50. The van der Waals surface area contributed by atoms with Crippen molar-refractivity contribution in [3.8, 4) is 0 Å². The molecule has 1 unspecified atom stereocenters. The first-order chi connectivity index (χ1) is 13.5. The maximum atomic E-state index is 13.3. The predicted molar refractivity (Wildman–Crippen MR) is 102 cm³/mol. The molecule has 1 amide bonds. The Hall–Kier alpha value is -1.73. The molecule has 1 aromatic carbocycles. The summed E-state index contributed by atoms with van der Waals surface area (Å²) in [6, 6.07) is 6.54. The quantitative estimate of drug-likeness (QED) is 0.809. The van der Waals surface area contributed by atoms with Gasteiger partial charge in [-0.2, -0.15) is 0 Å². The van der Waals surface area contributed by atoms with Crippen LogP contribution < -0.4 is 5.73 Å². The molecule has 0 spiro atoms. The number of nitrogens with zero attached hydrogens (tertiary/aromatic N) is 1. The van der Waals surface area contributed by atoms with Crippen molar-refractivity contribution in [2.45, 2.75) is 69.1 Å². The third-order valence-corrected chi connectivity index (χ3v) is 6.09. The lowest BCUT2D eigenvalue weighted by Crippen LogP contribution is -2.56. The molecule has 1 aliphatic carbocycles. The van der Waals surface area contributed by atoms with Crippen LogP contribution in [-0.2, 0) is 9.47 Å². The summed E-state index contributed by atoms with van der Waals surface area (Å²) in [6.07, 6.45) is 2.28. The first kappa shape index (κ1) is 21.0. The molecule has 1 aliphatic heterocycles. The minimum absolute atomic E-state index is 0.0728. The third kappa shape index (κ3) is 4.81. The van der Waals surface area contributed by atoms with Crippen molar-refractivity contribution >= 4 is 6.09 Å². The summed E-state index contributed by atoms with van der Waals surface area (Å²) in [4.78, 5) is 13.7. The summed E-state index contributed by atoms with van der Waals surface area (Å²) in [7, 11) is 1.37. The summed E-state index contributed by atoms with van der Waals surface area (Å²) in [6.45, 7) is 1.02. The molecule has 7 heteroatoms. The molecule has 1 saturated heterocycles. The predicted octanol–water partition coefficient (Wildman–Crippen LogP) is 4.23. The van der Waals surface area contributed by atoms with Gasteiger partial charge in [0, 0.05) is 18.2 Å². The normalized spacial score (nSPS) is 28.4. The lowest BCUT2D eigenvalue weighted by atomic mass is 9.81. The van der Waals surface area contributed by atoms with Crippen LogP contribution in [0.4, 0.5) is 13.6 Å². The van der Waals surface area contributed by atoms with Crippen molar-refractivity contribution in [3.63, 3.8) is 0 Å². The van der Waals surface area contributed by atoms with E-state index < -0.39 is 6.43 Å². The molecular weight excluding hydrogens is 366 g/mol. The molecule has 2 N–H and O–H groups in total. The Balaban J connectivity index is 1.54. The van der Waals surface area contributed by atoms with Crippen molar-refractivity contribution in [1.82, 2.24) is 4.90 Å². The van der Waals surface area contributed by atoms with Crippen LogP contribution in [-0.4, -0.2) is 49.4 Å². The molecule has 156 valence electrons. The minimum atomic E-state index is -2.44. The molecule has 2 fully saturated rings. The van der Waals surface area contributed by atoms with E-state index in [9.17, 15) is 13.6 Å². The molecule has 5 nitrogen and oxygen atoms in total. The van der Waals surface area contributed by atoms with Gasteiger partial charge in [-0.15, -0.1) is 0 Å². The van der Waals surface area contributed by atoms with Crippen molar-refractivity contribution in [2.75, 3.05) is 20.3 Å². The number of amides is 1. The second-order valence-electron chi connectivity index (χ2n) is 7.77. The molecule has 1 heterocycles. The van der Waals surface area contributed by atoms with Gasteiger partial charge in [0.2, 0.25) is 0 Å². The summed E-state index contributed by atoms with van der Waals surface area (Å²) >= 11 is 0. The number of carbonyl (C=O) groups excluding carboxylic acids is 1. The number of methoxy groups -OCH3 is 1. The maximum absolute atomic E-state index is 13.3. The molecule has 2 atom stereocenters. The zero-order chi connectivity index (χ0) is 20.1. The lowest BCUT2D eigenvalue weighted by molar-refractivity contribution is -0.0230. The smallest absolute Gasteiger partial charge is 0.409 e. The fourth-order valence-electron chi connectivity index (χ4n) is 4.50. The number of benzene rings is 1. The number of piperidine rings is 1. The van der Waals surface area contributed by atoms with E-state index in [4.69, 9.17) is 15.2 Å². The van der Waals surface area contributed by atoms with Crippen molar-refractivity contribution in [2.24, 2.45) is 5.73 Å². The number of hydrogen-bond donors (Lipinski definition) is 1. The number of hydrogen-bond acceptors (Lipinski definition) is 4. The van der Waals surface area contributed by atoms with E-state index in [1.165, 1.54) is 13.2 Å². The minimum Gasteiger partial charge on any atom is -0.453 e. The van der Waals surface area contributed by atoms with Crippen molar-refractivity contribution in [1.29, 1.82) is 0 Å². The highest BCUT2D eigenvalue weighted by atomic mass is 19.3. The van der Waals surface area contributed by atoms with Crippen LogP contribution in [0.3, 0.4) is 0 Å². The maximum Gasteiger partial charge on any atom is 0.409 e. The number of rotatable bonds is 5. The fraction of sp³-hybridized carbons (Fsp3) is 0.667. The molecule has 0 aromatic heterocycles. The van der Waals surface area contributed by atoms with E-state index in [2.05, 4.69) is 0 Å². The molecular formula is C21H30F2N2O3. The Labute approximate surface area is 165 Å². The first-order valence-electron chi connectivity index (χ1n) is 10.1. The third-order valence-electron chi connectivity index (χ3n) is 6.09. The largest absolute Gasteiger partial charge is 0.453 e. The van der Waals surface area contributed by atoms with Gasteiger partial charge in [-0.05, 0) is 50.0 Å². The van der Waals surface area contributed by atoms with Gasteiger partial charge in [-0.25, -0.2) is 13.6 Å². The first-order valence-corrected chi connectivity index (χ1v) is 10.1. The zero-order valence-corrected chi connectivity index (χ0v) is 16.4. The summed E-state index contributed by atoms with van der Waals surface area (Å²) in [5.41, 5.74) is 7.13. The molecule has 0 bridgehead atoms. The van der Waals surface area contributed by atoms with Crippen LogP contribution in [0.25, 0.3) is 0 Å². The topological polar surface area (TPSA) is 64.8 Å². The van der Waals surface area contributed by atoms with E-state index in [1.807, 2.05) is 12.1 Å². The zero-order valence-electron chi connectivity index (χ0n) is 16.4. The van der Waals surface area contributed by atoms with Crippen LogP contribution >= 0.6 is 0 Å². The van der Waals surface area contributed by atoms with E-state index in [0.29, 0.717) is 13.2 Å². The van der Waals surface area contributed by atoms with Gasteiger partial charge in [0.15, 0.2) is 0 Å². The Morgan fingerprint density at radius 1 is 1.21 bits per heavy atom. The Morgan fingerprint density at radius 3 is 2.61 bits per heavy atom. The average molecular weight is 396 g/mol. The number of alkyl halides is 2. The summed E-state index contributed by atoms with van der Waals surface area (Å²) < 4.78 is 37.5. The van der Waals surface area contributed by atoms with E-state index in [1.54, 1.807) is 11.0 Å². The van der Waals surface area contributed by atoms with Gasteiger partial charge in [0.05, 0.1) is 25.9 Å². The Morgan fingerprint density at radius 2 is 1.93 bits per heavy atom. The molecule has 0 radical (unpaired) electrons. The summed E-state index contributed by atoms with van der Waals surface area (Å²) in [5, 5.41) is 0. The van der Waals surface area contributed by atoms with E-state index in [0.717, 1.165) is 44.1 Å². The van der Waals surface area contributed by atoms with E-state index >= 15 is 0 Å². The second-order valence-corrected chi connectivity index (χ2v) is 7.77. The van der Waals surface area contributed by atoms with Crippen molar-refractivity contribution in [3.05, 3.63) is 35.4 Å². The highest BCUT2D eigenvalue weighted by Crippen LogP contribution is 2.38. The SMILES string of the molecule is COC(=O)N1CCCC(N)[C@@H]1COC1CCC(c2ccccc2C(F)F)CC1. The molecule has 2 aliphatic rings. The highest BCUT2D eigenvalue weighted by molar-refractivity contribution is 5.68. The van der Waals surface area contributed by atoms with Gasteiger partial charge in [-0.3, -0.25) is 0 Å². The number of nitrogens with two attached hydrogens (primary N) is 1. The van der Waals surface area contributed by atoms with Gasteiger partial charge in [0.1, 0.15) is 0 Å². The molecule has 1 saturated carbocycles. The van der Waals surface area contributed by atoms with Crippen LogP contribution in [0.5, 0.6) is 0 Å². The monoisotopic (exact) mass is 396 g/mol.